The molecule has 0 unspecified atom stereocenters. The lowest BCUT2D eigenvalue weighted by Gasteiger charge is -2.25. The van der Waals surface area contributed by atoms with Crippen LogP contribution in [0.4, 0.5) is 0 Å². The number of carbonyl (C=O) groups excluding carboxylic acids is 2. The van der Waals surface area contributed by atoms with Crippen LogP contribution >= 0.6 is 0 Å². The summed E-state index contributed by atoms with van der Waals surface area (Å²) >= 11 is 0. The van der Waals surface area contributed by atoms with Crippen molar-refractivity contribution in [1.29, 1.82) is 0 Å². The molecule has 0 aromatic rings. The molecule has 0 atom stereocenters. The smallest absolute Gasteiger partial charge is 0.319 e. The van der Waals surface area contributed by atoms with Crippen molar-refractivity contribution in [3.05, 3.63) is 0 Å². The first kappa shape index (κ1) is 17.9. The minimum Gasteiger partial charge on any atom is -0.468 e. The summed E-state index contributed by atoms with van der Waals surface area (Å²) in [6.07, 6.45) is 1.30. The first-order valence-corrected chi connectivity index (χ1v) is 7.04. The molecule has 112 valence electrons. The van der Waals surface area contributed by atoms with E-state index in [-0.39, 0.29) is 24.5 Å². The molecule has 19 heavy (non-hydrogen) atoms. The molecule has 1 amide bonds. The van der Waals surface area contributed by atoms with Crippen molar-refractivity contribution >= 4 is 11.9 Å². The highest BCUT2D eigenvalue weighted by Crippen LogP contribution is 2.04. The first-order valence-electron chi connectivity index (χ1n) is 7.04. The highest BCUT2D eigenvalue weighted by Gasteiger charge is 2.15. The predicted molar refractivity (Wildman–Crippen MR) is 75.9 cm³/mol. The molecule has 0 heterocycles. The molecular formula is C14H28N2O3. The van der Waals surface area contributed by atoms with E-state index in [1.165, 1.54) is 7.11 Å². The van der Waals surface area contributed by atoms with Gasteiger partial charge < -0.3 is 9.64 Å². The van der Waals surface area contributed by atoms with E-state index in [1.54, 1.807) is 0 Å². The number of methoxy groups -OCH3 is 1. The van der Waals surface area contributed by atoms with Gasteiger partial charge in [-0.3, -0.25) is 14.5 Å². The van der Waals surface area contributed by atoms with E-state index in [1.807, 2.05) is 37.5 Å². The fourth-order valence-electron chi connectivity index (χ4n) is 1.92. The zero-order valence-electron chi connectivity index (χ0n) is 12.9. The summed E-state index contributed by atoms with van der Waals surface area (Å²) in [7, 11) is 1.39. The minimum atomic E-state index is -0.233. The van der Waals surface area contributed by atoms with Gasteiger partial charge in [-0.1, -0.05) is 0 Å². The van der Waals surface area contributed by atoms with Gasteiger partial charge in [0, 0.05) is 25.6 Å². The van der Waals surface area contributed by atoms with Gasteiger partial charge in [0.25, 0.3) is 0 Å². The van der Waals surface area contributed by atoms with E-state index in [9.17, 15) is 9.59 Å². The third-order valence-corrected chi connectivity index (χ3v) is 3.24. The third kappa shape index (κ3) is 7.15. The molecule has 0 aromatic carbocycles. The predicted octanol–water partition coefficient (Wildman–Crippen LogP) is 1.52. The van der Waals surface area contributed by atoms with E-state index < -0.39 is 0 Å². The molecule has 0 aromatic heterocycles. The Kier molecular flexibility index (Phi) is 9.21. The second-order valence-corrected chi connectivity index (χ2v) is 4.81. The molecule has 0 spiro atoms. The number of hydrogen-bond acceptors (Lipinski definition) is 4. The topological polar surface area (TPSA) is 49.9 Å². The van der Waals surface area contributed by atoms with Gasteiger partial charge in [0.1, 0.15) is 0 Å². The lowest BCUT2D eigenvalue weighted by atomic mass is 10.2. The van der Waals surface area contributed by atoms with Gasteiger partial charge in [-0.25, -0.2) is 0 Å². The summed E-state index contributed by atoms with van der Waals surface area (Å²) < 4.78 is 4.68. The summed E-state index contributed by atoms with van der Waals surface area (Å²) in [6, 6.07) is 0.266. The van der Waals surface area contributed by atoms with Crippen LogP contribution in [0.15, 0.2) is 0 Å². The molecule has 0 saturated carbocycles. The summed E-state index contributed by atoms with van der Waals surface area (Å²) in [4.78, 5) is 27.0. The van der Waals surface area contributed by atoms with Gasteiger partial charge in [-0.15, -0.1) is 0 Å². The van der Waals surface area contributed by atoms with Crippen molar-refractivity contribution in [2.24, 2.45) is 0 Å². The van der Waals surface area contributed by atoms with Crippen molar-refractivity contribution in [2.75, 3.05) is 33.3 Å². The van der Waals surface area contributed by atoms with E-state index in [2.05, 4.69) is 4.74 Å². The van der Waals surface area contributed by atoms with E-state index in [0.29, 0.717) is 6.42 Å². The Morgan fingerprint density at radius 3 is 2.16 bits per heavy atom. The largest absolute Gasteiger partial charge is 0.468 e. The van der Waals surface area contributed by atoms with Gasteiger partial charge >= 0.3 is 5.97 Å². The Morgan fingerprint density at radius 2 is 1.74 bits per heavy atom. The summed E-state index contributed by atoms with van der Waals surface area (Å²) in [6.45, 7) is 10.6. The van der Waals surface area contributed by atoms with Gasteiger partial charge in [0.05, 0.1) is 13.7 Å². The number of carbonyl (C=O) groups is 2. The van der Waals surface area contributed by atoms with Crippen LogP contribution in [0.2, 0.25) is 0 Å². The maximum absolute atomic E-state index is 11.9. The van der Waals surface area contributed by atoms with Crippen LogP contribution in [0.3, 0.4) is 0 Å². The van der Waals surface area contributed by atoms with Crippen LogP contribution in [0, 0.1) is 0 Å². The number of esters is 1. The molecule has 5 heteroatoms. The van der Waals surface area contributed by atoms with Crippen LogP contribution in [0.25, 0.3) is 0 Å². The van der Waals surface area contributed by atoms with Gasteiger partial charge in [0.2, 0.25) is 5.91 Å². The van der Waals surface area contributed by atoms with Crippen molar-refractivity contribution in [2.45, 2.75) is 46.6 Å². The quantitative estimate of drug-likeness (QED) is 0.597. The molecule has 0 saturated heterocycles. The van der Waals surface area contributed by atoms with Crippen molar-refractivity contribution < 1.29 is 14.3 Å². The summed E-state index contributed by atoms with van der Waals surface area (Å²) in [5.74, 6) is -0.0458. The number of nitrogens with zero attached hydrogens (tertiary/aromatic N) is 2. The average molecular weight is 272 g/mol. The summed E-state index contributed by atoms with van der Waals surface area (Å²) in [5, 5.41) is 0. The van der Waals surface area contributed by atoms with Crippen LogP contribution in [-0.2, 0) is 14.3 Å². The Balaban J connectivity index is 4.12. The second-order valence-electron chi connectivity index (χ2n) is 4.81. The number of amides is 1. The monoisotopic (exact) mass is 272 g/mol. The SMILES string of the molecule is CCN(CC)C(=O)CCCN(CC(=O)OC)C(C)C. The molecule has 0 N–H and O–H groups in total. The van der Waals surface area contributed by atoms with Crippen molar-refractivity contribution in [3.63, 3.8) is 0 Å². The number of ether oxygens (including phenoxy) is 1. The standard InChI is InChI=1S/C14H28N2O3/c1-6-15(7-2)13(17)9-8-10-16(12(3)4)11-14(18)19-5/h12H,6-11H2,1-5H3. The minimum absolute atomic E-state index is 0.187. The molecule has 5 nitrogen and oxygen atoms in total. The molecular weight excluding hydrogens is 244 g/mol. The second kappa shape index (κ2) is 9.78. The van der Waals surface area contributed by atoms with Crippen molar-refractivity contribution in [3.8, 4) is 0 Å². The first-order chi connectivity index (χ1) is 8.96. The molecule has 0 radical (unpaired) electrons. The van der Waals surface area contributed by atoms with Crippen LogP contribution in [0.5, 0.6) is 0 Å². The number of rotatable bonds is 9. The van der Waals surface area contributed by atoms with Gasteiger partial charge in [0.15, 0.2) is 0 Å². The lowest BCUT2D eigenvalue weighted by Crippen LogP contribution is -2.37. The maximum atomic E-state index is 11.9. The number of hydrogen-bond donors (Lipinski definition) is 0. The van der Waals surface area contributed by atoms with Crippen molar-refractivity contribution in [1.82, 2.24) is 9.80 Å². The Labute approximate surface area is 116 Å². The van der Waals surface area contributed by atoms with Gasteiger partial charge in [-0.2, -0.15) is 0 Å². The van der Waals surface area contributed by atoms with Crippen LogP contribution < -0.4 is 0 Å². The highest BCUT2D eigenvalue weighted by atomic mass is 16.5. The van der Waals surface area contributed by atoms with Crippen LogP contribution in [-0.4, -0.2) is 61.0 Å². The average Bonchev–Trinajstić information content (AvgIpc) is 2.38. The van der Waals surface area contributed by atoms with Gasteiger partial charge in [-0.05, 0) is 40.7 Å². The molecule has 0 bridgehead atoms. The highest BCUT2D eigenvalue weighted by molar-refractivity contribution is 5.76. The molecule has 0 aliphatic heterocycles. The lowest BCUT2D eigenvalue weighted by molar-refractivity contribution is -0.142. The maximum Gasteiger partial charge on any atom is 0.319 e. The van der Waals surface area contributed by atoms with Crippen LogP contribution in [0.1, 0.15) is 40.5 Å². The molecule has 0 aliphatic carbocycles. The fourth-order valence-corrected chi connectivity index (χ4v) is 1.92. The molecule has 0 aliphatic rings. The van der Waals surface area contributed by atoms with E-state index in [4.69, 9.17) is 0 Å². The Morgan fingerprint density at radius 1 is 1.16 bits per heavy atom. The molecule has 0 rings (SSSR count). The molecule has 0 fully saturated rings. The fraction of sp³-hybridized carbons (Fsp3) is 0.857. The zero-order valence-corrected chi connectivity index (χ0v) is 12.9. The zero-order chi connectivity index (χ0) is 14.8. The normalized spacial score (nSPS) is 10.9. The summed E-state index contributed by atoms with van der Waals surface area (Å²) in [5.41, 5.74) is 0. The van der Waals surface area contributed by atoms with E-state index in [0.717, 1.165) is 26.1 Å². The Hall–Kier alpha value is -1.10. The Bertz CT molecular complexity index is 276. The third-order valence-electron chi connectivity index (χ3n) is 3.24. The van der Waals surface area contributed by atoms with E-state index >= 15 is 0 Å².